The standard InChI is InChI=1S/C20H23N5O/c1-13-9-14(2)16-11-18(24-17(16)10-13)20(26)23-15-3-4-19(22-12-15)25-7-5-21-6-8-25/h3-4,9-12,21,24H,5-8H2,1-2H3,(H,23,26). The molecule has 1 saturated heterocycles. The Kier molecular flexibility index (Phi) is 4.34. The molecule has 0 bridgehead atoms. The molecule has 3 N–H and O–H groups in total. The highest BCUT2D eigenvalue weighted by Gasteiger charge is 2.14. The van der Waals surface area contributed by atoms with Crippen LogP contribution in [-0.2, 0) is 0 Å². The average molecular weight is 349 g/mol. The van der Waals surface area contributed by atoms with Crippen LogP contribution in [0.5, 0.6) is 0 Å². The van der Waals surface area contributed by atoms with E-state index >= 15 is 0 Å². The molecule has 0 atom stereocenters. The molecule has 0 spiro atoms. The number of H-pyrrole nitrogens is 1. The first-order valence-electron chi connectivity index (χ1n) is 8.93. The summed E-state index contributed by atoms with van der Waals surface area (Å²) < 4.78 is 0. The molecule has 6 heteroatoms. The van der Waals surface area contributed by atoms with Crippen molar-refractivity contribution < 1.29 is 4.79 Å². The lowest BCUT2D eigenvalue weighted by molar-refractivity contribution is 0.102. The summed E-state index contributed by atoms with van der Waals surface area (Å²) in [6.07, 6.45) is 1.72. The number of carbonyl (C=O) groups excluding carboxylic acids is 1. The van der Waals surface area contributed by atoms with Gasteiger partial charge in [0.15, 0.2) is 0 Å². The molecule has 1 aliphatic heterocycles. The summed E-state index contributed by atoms with van der Waals surface area (Å²) in [6.45, 7) is 7.96. The second-order valence-corrected chi connectivity index (χ2v) is 6.82. The number of nitrogens with one attached hydrogen (secondary N) is 3. The van der Waals surface area contributed by atoms with Crippen LogP contribution in [0.3, 0.4) is 0 Å². The van der Waals surface area contributed by atoms with Crippen LogP contribution in [0.2, 0.25) is 0 Å². The van der Waals surface area contributed by atoms with Gasteiger partial charge in [0.2, 0.25) is 0 Å². The van der Waals surface area contributed by atoms with Crippen molar-refractivity contribution in [3.63, 3.8) is 0 Å². The number of aromatic nitrogens is 2. The number of rotatable bonds is 3. The fourth-order valence-electron chi connectivity index (χ4n) is 3.46. The van der Waals surface area contributed by atoms with Gasteiger partial charge in [0.25, 0.3) is 5.91 Å². The maximum Gasteiger partial charge on any atom is 0.272 e. The van der Waals surface area contributed by atoms with Crippen molar-refractivity contribution in [1.29, 1.82) is 0 Å². The molecular formula is C20H23N5O. The molecule has 2 aromatic heterocycles. The van der Waals surface area contributed by atoms with Crippen LogP contribution in [0.1, 0.15) is 21.6 Å². The zero-order valence-electron chi connectivity index (χ0n) is 15.1. The maximum atomic E-state index is 12.6. The number of nitrogens with zero attached hydrogens (tertiary/aromatic N) is 2. The zero-order chi connectivity index (χ0) is 18.1. The second-order valence-electron chi connectivity index (χ2n) is 6.82. The maximum absolute atomic E-state index is 12.6. The van der Waals surface area contributed by atoms with Gasteiger partial charge >= 0.3 is 0 Å². The number of aryl methyl sites for hydroxylation is 2. The van der Waals surface area contributed by atoms with Crippen molar-refractivity contribution in [2.45, 2.75) is 13.8 Å². The van der Waals surface area contributed by atoms with E-state index in [1.807, 2.05) is 18.2 Å². The van der Waals surface area contributed by atoms with Gasteiger partial charge in [0, 0.05) is 37.1 Å². The summed E-state index contributed by atoms with van der Waals surface area (Å²) in [5.74, 6) is 0.788. The number of hydrogen-bond acceptors (Lipinski definition) is 4. The Morgan fingerprint density at radius 1 is 1.15 bits per heavy atom. The van der Waals surface area contributed by atoms with Crippen LogP contribution in [0, 0.1) is 13.8 Å². The smallest absolute Gasteiger partial charge is 0.272 e. The van der Waals surface area contributed by atoms with Gasteiger partial charge in [-0.2, -0.15) is 0 Å². The van der Waals surface area contributed by atoms with Crippen LogP contribution < -0.4 is 15.5 Å². The molecule has 26 heavy (non-hydrogen) atoms. The molecular weight excluding hydrogens is 326 g/mol. The first-order chi connectivity index (χ1) is 12.6. The van der Waals surface area contributed by atoms with Gasteiger partial charge < -0.3 is 20.5 Å². The highest BCUT2D eigenvalue weighted by molar-refractivity contribution is 6.06. The lowest BCUT2D eigenvalue weighted by Gasteiger charge is -2.28. The van der Waals surface area contributed by atoms with Gasteiger partial charge in [-0.3, -0.25) is 4.79 Å². The van der Waals surface area contributed by atoms with Crippen molar-refractivity contribution in [1.82, 2.24) is 15.3 Å². The quantitative estimate of drug-likeness (QED) is 0.680. The number of fused-ring (bicyclic) bond motifs is 1. The average Bonchev–Trinajstić information content (AvgIpc) is 3.08. The highest BCUT2D eigenvalue weighted by Crippen LogP contribution is 2.22. The summed E-state index contributed by atoms with van der Waals surface area (Å²) in [4.78, 5) is 22.5. The van der Waals surface area contributed by atoms with E-state index in [0.29, 0.717) is 11.4 Å². The minimum absolute atomic E-state index is 0.157. The molecule has 3 aromatic rings. The number of amides is 1. The molecule has 1 aromatic carbocycles. The third-order valence-corrected chi connectivity index (χ3v) is 4.78. The van der Waals surface area contributed by atoms with Gasteiger partial charge in [0.05, 0.1) is 11.9 Å². The molecule has 1 amide bonds. The Morgan fingerprint density at radius 3 is 2.69 bits per heavy atom. The molecule has 0 unspecified atom stereocenters. The molecule has 6 nitrogen and oxygen atoms in total. The van der Waals surface area contributed by atoms with E-state index in [1.165, 1.54) is 5.56 Å². The van der Waals surface area contributed by atoms with Crippen LogP contribution >= 0.6 is 0 Å². The van der Waals surface area contributed by atoms with E-state index in [0.717, 1.165) is 48.5 Å². The summed E-state index contributed by atoms with van der Waals surface area (Å²) in [5.41, 5.74) is 4.58. The fraction of sp³-hybridized carbons (Fsp3) is 0.300. The largest absolute Gasteiger partial charge is 0.354 e. The number of benzene rings is 1. The molecule has 0 aliphatic carbocycles. The molecule has 1 fully saturated rings. The summed E-state index contributed by atoms with van der Waals surface area (Å²) in [5, 5.41) is 7.33. The first-order valence-corrected chi connectivity index (χ1v) is 8.93. The highest BCUT2D eigenvalue weighted by atomic mass is 16.1. The Hall–Kier alpha value is -2.86. The SMILES string of the molecule is Cc1cc(C)c2cc(C(=O)Nc3ccc(N4CCNCC4)nc3)[nH]c2c1. The number of piperazine rings is 1. The number of carbonyl (C=O) groups is 1. The van der Waals surface area contributed by atoms with Gasteiger partial charge in [-0.1, -0.05) is 6.07 Å². The fourth-order valence-corrected chi connectivity index (χ4v) is 3.46. The molecule has 1 aliphatic rings. The summed E-state index contributed by atoms with van der Waals surface area (Å²) in [6, 6.07) is 9.95. The van der Waals surface area contributed by atoms with Gasteiger partial charge in [0.1, 0.15) is 11.5 Å². The molecule has 134 valence electrons. The second kappa shape index (κ2) is 6.80. The predicted molar refractivity (Wildman–Crippen MR) is 105 cm³/mol. The van der Waals surface area contributed by atoms with Crippen molar-refractivity contribution >= 4 is 28.3 Å². The van der Waals surface area contributed by atoms with Crippen LogP contribution in [-0.4, -0.2) is 42.1 Å². The summed E-state index contributed by atoms with van der Waals surface area (Å²) in [7, 11) is 0. The number of aromatic amines is 1. The van der Waals surface area contributed by atoms with E-state index in [9.17, 15) is 4.79 Å². The normalized spacial score (nSPS) is 14.6. The molecule has 3 heterocycles. The first kappa shape index (κ1) is 16.6. The number of anilines is 2. The third kappa shape index (κ3) is 3.28. The van der Waals surface area contributed by atoms with E-state index < -0.39 is 0 Å². The minimum Gasteiger partial charge on any atom is -0.354 e. The van der Waals surface area contributed by atoms with Crippen molar-refractivity contribution in [3.05, 3.63) is 53.3 Å². The summed E-state index contributed by atoms with van der Waals surface area (Å²) >= 11 is 0. The van der Waals surface area contributed by atoms with Crippen molar-refractivity contribution in [3.8, 4) is 0 Å². The number of pyridine rings is 1. The lowest BCUT2D eigenvalue weighted by atomic mass is 10.1. The number of hydrogen-bond donors (Lipinski definition) is 3. The Balaban J connectivity index is 1.50. The van der Waals surface area contributed by atoms with E-state index in [2.05, 4.69) is 51.5 Å². The van der Waals surface area contributed by atoms with E-state index in [4.69, 9.17) is 0 Å². The van der Waals surface area contributed by atoms with Crippen molar-refractivity contribution in [2.24, 2.45) is 0 Å². The lowest BCUT2D eigenvalue weighted by Crippen LogP contribution is -2.43. The van der Waals surface area contributed by atoms with Crippen LogP contribution in [0.15, 0.2) is 36.5 Å². The topological polar surface area (TPSA) is 73.1 Å². The van der Waals surface area contributed by atoms with Crippen LogP contribution in [0.25, 0.3) is 10.9 Å². The van der Waals surface area contributed by atoms with Gasteiger partial charge in [-0.15, -0.1) is 0 Å². The van der Waals surface area contributed by atoms with Gasteiger partial charge in [-0.05, 0) is 49.2 Å². The predicted octanol–water partition coefficient (Wildman–Crippen LogP) is 2.84. The zero-order valence-corrected chi connectivity index (χ0v) is 15.1. The Labute approximate surface area is 152 Å². The van der Waals surface area contributed by atoms with E-state index in [1.54, 1.807) is 6.20 Å². The molecule has 0 saturated carbocycles. The molecule has 0 radical (unpaired) electrons. The third-order valence-electron chi connectivity index (χ3n) is 4.78. The molecule has 4 rings (SSSR count). The monoisotopic (exact) mass is 349 g/mol. The Morgan fingerprint density at radius 2 is 1.96 bits per heavy atom. The van der Waals surface area contributed by atoms with Gasteiger partial charge in [-0.25, -0.2) is 4.98 Å². The minimum atomic E-state index is -0.157. The van der Waals surface area contributed by atoms with Crippen molar-refractivity contribution in [2.75, 3.05) is 36.4 Å². The van der Waals surface area contributed by atoms with Crippen LogP contribution in [0.4, 0.5) is 11.5 Å². The Bertz CT molecular complexity index is 939. The van der Waals surface area contributed by atoms with E-state index in [-0.39, 0.29) is 5.91 Å².